The summed E-state index contributed by atoms with van der Waals surface area (Å²) >= 11 is 0. The quantitative estimate of drug-likeness (QED) is 0.425. The zero-order chi connectivity index (χ0) is 23.5. The molecule has 0 aliphatic carbocycles. The molecule has 1 saturated heterocycles. The lowest BCUT2D eigenvalue weighted by Gasteiger charge is -2.34. The lowest BCUT2D eigenvalue weighted by Crippen LogP contribution is -2.39. The molecule has 176 valence electrons. The monoisotopic (exact) mass is 462 g/mol. The summed E-state index contributed by atoms with van der Waals surface area (Å²) in [6, 6.07) is 16.4. The van der Waals surface area contributed by atoms with E-state index in [1.54, 1.807) is 26.4 Å². The molecule has 0 bridgehead atoms. The summed E-state index contributed by atoms with van der Waals surface area (Å²) in [5.41, 5.74) is 2.14. The van der Waals surface area contributed by atoms with Crippen LogP contribution in [-0.4, -0.2) is 51.3 Å². The number of hydrogen-bond acceptors (Lipinski definition) is 7. The number of ether oxygens (including phenoxy) is 3. The zero-order valence-corrected chi connectivity index (χ0v) is 19.1. The maximum absolute atomic E-state index is 13.0. The van der Waals surface area contributed by atoms with Gasteiger partial charge in [-0.25, -0.2) is 0 Å². The summed E-state index contributed by atoms with van der Waals surface area (Å²) in [6.07, 6.45) is 1.47. The third kappa shape index (κ3) is 4.02. The molecule has 0 unspecified atom stereocenters. The number of anilines is 1. The fourth-order valence-electron chi connectivity index (χ4n) is 4.44. The van der Waals surface area contributed by atoms with Crippen molar-refractivity contribution in [3.8, 4) is 11.5 Å². The predicted octanol–water partition coefficient (Wildman–Crippen LogP) is 4.72. The molecule has 34 heavy (non-hydrogen) atoms. The summed E-state index contributed by atoms with van der Waals surface area (Å²) in [5, 5.41) is 3.84. The number of para-hydroxylation sites is 2. The number of carbonyl (C=O) groups excluding carboxylic acids is 1. The Kier molecular flexibility index (Phi) is 6.24. The highest BCUT2D eigenvalue weighted by molar-refractivity contribution is 6.08. The van der Waals surface area contributed by atoms with Gasteiger partial charge in [0.05, 0.1) is 45.4 Å². The van der Waals surface area contributed by atoms with Crippen LogP contribution in [0.15, 0.2) is 69.7 Å². The molecule has 2 aromatic heterocycles. The van der Waals surface area contributed by atoms with E-state index in [1.807, 2.05) is 42.5 Å². The number of carbonyl (C=O) groups is 1. The molecule has 5 rings (SSSR count). The summed E-state index contributed by atoms with van der Waals surface area (Å²) in [5.74, 6) is 1.71. The maximum atomic E-state index is 13.0. The number of methoxy groups -OCH3 is 2. The molecular formula is C26H26N2O6. The highest BCUT2D eigenvalue weighted by Crippen LogP contribution is 2.45. The van der Waals surface area contributed by atoms with Crippen molar-refractivity contribution in [3.05, 3.63) is 77.9 Å². The Morgan fingerprint density at radius 3 is 2.56 bits per heavy atom. The summed E-state index contributed by atoms with van der Waals surface area (Å²) < 4.78 is 28.7. The Morgan fingerprint density at radius 2 is 1.82 bits per heavy atom. The van der Waals surface area contributed by atoms with Crippen molar-refractivity contribution in [3.63, 3.8) is 0 Å². The van der Waals surface area contributed by atoms with Crippen LogP contribution in [0.2, 0.25) is 0 Å². The van der Waals surface area contributed by atoms with E-state index in [2.05, 4.69) is 10.2 Å². The fourth-order valence-corrected chi connectivity index (χ4v) is 4.44. The Bertz CT molecular complexity index is 1270. The van der Waals surface area contributed by atoms with Gasteiger partial charge in [-0.1, -0.05) is 24.3 Å². The number of morpholine rings is 1. The molecule has 0 spiro atoms. The third-order valence-electron chi connectivity index (χ3n) is 5.99. The van der Waals surface area contributed by atoms with Gasteiger partial charge in [0.15, 0.2) is 23.0 Å². The van der Waals surface area contributed by atoms with Crippen LogP contribution < -0.4 is 14.8 Å². The van der Waals surface area contributed by atoms with E-state index in [-0.39, 0.29) is 17.7 Å². The zero-order valence-electron chi connectivity index (χ0n) is 19.1. The van der Waals surface area contributed by atoms with E-state index in [9.17, 15) is 4.79 Å². The average Bonchev–Trinajstić information content (AvgIpc) is 3.54. The molecule has 1 amide bonds. The molecule has 1 atom stereocenters. The first-order valence-electron chi connectivity index (χ1n) is 11.1. The van der Waals surface area contributed by atoms with E-state index >= 15 is 0 Å². The van der Waals surface area contributed by atoms with E-state index in [0.29, 0.717) is 54.8 Å². The van der Waals surface area contributed by atoms with Crippen molar-refractivity contribution >= 4 is 22.6 Å². The molecule has 3 heterocycles. The van der Waals surface area contributed by atoms with Crippen LogP contribution in [0.4, 0.5) is 5.69 Å². The van der Waals surface area contributed by atoms with Gasteiger partial charge in [-0.15, -0.1) is 0 Å². The second-order valence-corrected chi connectivity index (χ2v) is 7.90. The molecule has 4 aromatic rings. The van der Waals surface area contributed by atoms with E-state index in [0.717, 1.165) is 10.9 Å². The van der Waals surface area contributed by atoms with Crippen molar-refractivity contribution in [2.75, 3.05) is 45.8 Å². The topological polar surface area (TPSA) is 86.3 Å². The van der Waals surface area contributed by atoms with E-state index in [4.69, 9.17) is 23.0 Å². The van der Waals surface area contributed by atoms with Gasteiger partial charge < -0.3 is 28.4 Å². The molecule has 0 saturated carbocycles. The molecular weight excluding hydrogens is 436 g/mol. The van der Waals surface area contributed by atoms with Crippen molar-refractivity contribution in [1.82, 2.24) is 4.90 Å². The van der Waals surface area contributed by atoms with Crippen LogP contribution in [0.1, 0.15) is 27.9 Å². The van der Waals surface area contributed by atoms with Crippen molar-refractivity contribution in [2.24, 2.45) is 0 Å². The number of fused-ring (bicyclic) bond motifs is 1. The van der Waals surface area contributed by atoms with Crippen LogP contribution in [0.25, 0.3) is 11.0 Å². The third-order valence-corrected chi connectivity index (χ3v) is 5.99. The predicted molar refractivity (Wildman–Crippen MR) is 127 cm³/mol. The number of amides is 1. The fraction of sp³-hybridized carbons (Fsp3) is 0.269. The lowest BCUT2D eigenvalue weighted by molar-refractivity contribution is 0.0201. The Balaban J connectivity index is 1.70. The van der Waals surface area contributed by atoms with Crippen LogP contribution in [-0.2, 0) is 4.74 Å². The molecule has 8 nitrogen and oxygen atoms in total. The summed E-state index contributed by atoms with van der Waals surface area (Å²) in [4.78, 5) is 15.3. The Labute approximate surface area is 197 Å². The first-order chi connectivity index (χ1) is 16.7. The minimum Gasteiger partial charge on any atom is -0.493 e. The number of rotatable bonds is 7. The largest absolute Gasteiger partial charge is 0.493 e. The van der Waals surface area contributed by atoms with Crippen molar-refractivity contribution in [1.29, 1.82) is 0 Å². The SMILES string of the molecule is COc1cccc([C@H](c2oc3ccccc3c2NC(=O)c2ccco2)N2CCOCC2)c1OC. The number of hydrogen-bond donors (Lipinski definition) is 1. The Hall–Kier alpha value is -3.75. The molecule has 2 aromatic carbocycles. The van der Waals surface area contributed by atoms with Crippen LogP contribution in [0.3, 0.4) is 0 Å². The molecule has 1 N–H and O–H groups in total. The Morgan fingerprint density at radius 1 is 1.00 bits per heavy atom. The van der Waals surface area contributed by atoms with Gasteiger partial charge in [0.2, 0.25) is 0 Å². The van der Waals surface area contributed by atoms with Crippen LogP contribution in [0, 0.1) is 0 Å². The molecule has 1 aliphatic rings. The van der Waals surface area contributed by atoms with Gasteiger partial charge in [0.25, 0.3) is 5.91 Å². The molecule has 0 radical (unpaired) electrons. The minimum absolute atomic E-state index is 0.220. The first-order valence-corrected chi connectivity index (χ1v) is 11.1. The van der Waals surface area contributed by atoms with Crippen molar-refractivity contribution in [2.45, 2.75) is 6.04 Å². The van der Waals surface area contributed by atoms with E-state index in [1.165, 1.54) is 6.26 Å². The van der Waals surface area contributed by atoms with Gasteiger partial charge in [-0.3, -0.25) is 9.69 Å². The first kappa shape index (κ1) is 22.1. The van der Waals surface area contributed by atoms with Gasteiger partial charge in [0.1, 0.15) is 5.58 Å². The molecule has 8 heteroatoms. The number of benzene rings is 2. The standard InChI is InChI=1S/C26H26N2O6/c1-30-20-10-5-8-18(24(20)31-2)23(28-12-15-32-16-13-28)25-22(17-7-3-4-9-19(17)34-25)27-26(29)21-11-6-14-33-21/h3-11,14,23H,12-13,15-16H2,1-2H3,(H,27,29)/t23-/m1/s1. The van der Waals surface area contributed by atoms with Gasteiger partial charge in [0, 0.05) is 24.0 Å². The average molecular weight is 463 g/mol. The second kappa shape index (κ2) is 9.62. The second-order valence-electron chi connectivity index (χ2n) is 7.90. The smallest absolute Gasteiger partial charge is 0.291 e. The van der Waals surface area contributed by atoms with Gasteiger partial charge in [-0.2, -0.15) is 0 Å². The summed E-state index contributed by atoms with van der Waals surface area (Å²) in [7, 11) is 3.23. The van der Waals surface area contributed by atoms with Crippen molar-refractivity contribution < 1.29 is 27.8 Å². The molecule has 1 fully saturated rings. The normalized spacial score (nSPS) is 15.2. The number of nitrogens with zero attached hydrogens (tertiary/aromatic N) is 1. The number of furan rings is 2. The lowest BCUT2D eigenvalue weighted by atomic mass is 9.98. The maximum Gasteiger partial charge on any atom is 0.291 e. The minimum atomic E-state index is -0.353. The van der Waals surface area contributed by atoms with E-state index < -0.39 is 0 Å². The van der Waals surface area contributed by atoms with Crippen LogP contribution >= 0.6 is 0 Å². The highest BCUT2D eigenvalue weighted by Gasteiger charge is 2.34. The molecule has 1 aliphatic heterocycles. The van der Waals surface area contributed by atoms with Gasteiger partial charge in [-0.05, 0) is 30.3 Å². The van der Waals surface area contributed by atoms with Gasteiger partial charge >= 0.3 is 0 Å². The summed E-state index contributed by atoms with van der Waals surface area (Å²) in [6.45, 7) is 2.56. The number of nitrogens with one attached hydrogen (secondary N) is 1. The van der Waals surface area contributed by atoms with Crippen LogP contribution in [0.5, 0.6) is 11.5 Å². The highest BCUT2D eigenvalue weighted by atomic mass is 16.5.